The molecule has 11 heteroatoms. The van der Waals surface area contributed by atoms with Crippen molar-refractivity contribution in [3.05, 3.63) is 40.9 Å². The molecule has 0 spiro atoms. The van der Waals surface area contributed by atoms with Crippen LogP contribution < -0.4 is 14.8 Å². The average molecular weight is 492 g/mol. The van der Waals surface area contributed by atoms with Crippen LogP contribution in [0.4, 0.5) is 9.52 Å². The smallest absolute Gasteiger partial charge is 0.295 e. The molecule has 0 aromatic carbocycles. The monoisotopic (exact) mass is 491 g/mol. The van der Waals surface area contributed by atoms with Crippen molar-refractivity contribution in [1.82, 2.24) is 20.2 Å². The molecule has 3 aromatic heterocycles. The number of rotatable bonds is 7. The number of hydrogen-bond donors (Lipinski definition) is 1. The molecule has 0 bridgehead atoms. The van der Waals surface area contributed by atoms with E-state index in [0.29, 0.717) is 53.1 Å². The van der Waals surface area contributed by atoms with Gasteiger partial charge in [0.1, 0.15) is 17.1 Å². The first kappa shape index (κ1) is 23.3. The van der Waals surface area contributed by atoms with E-state index in [4.69, 9.17) is 21.1 Å². The van der Waals surface area contributed by atoms with Gasteiger partial charge in [-0.15, -0.1) is 5.10 Å². The zero-order chi connectivity index (χ0) is 23.4. The van der Waals surface area contributed by atoms with E-state index in [1.165, 1.54) is 7.11 Å². The van der Waals surface area contributed by atoms with Gasteiger partial charge in [-0.05, 0) is 62.0 Å². The van der Waals surface area contributed by atoms with Gasteiger partial charge in [-0.25, -0.2) is 9.37 Å². The minimum absolute atomic E-state index is 0.0609. The molecule has 0 unspecified atom stereocenters. The lowest BCUT2D eigenvalue weighted by molar-refractivity contribution is 0.102. The molecule has 0 radical (unpaired) electrons. The Morgan fingerprint density at radius 2 is 2.06 bits per heavy atom. The Balaban J connectivity index is 1.50. The fourth-order valence-corrected chi connectivity index (χ4v) is 4.70. The van der Waals surface area contributed by atoms with E-state index in [0.717, 1.165) is 24.2 Å². The van der Waals surface area contributed by atoms with E-state index in [1.807, 2.05) is 0 Å². The number of halogens is 2. The maximum Gasteiger partial charge on any atom is 0.295 e. The van der Waals surface area contributed by atoms with Gasteiger partial charge in [-0.2, -0.15) is 0 Å². The SMILES string of the molecule is COc1cnccc1-c1cc(C)nc(Cl)c1C(=O)Nc1nnc(OCC2CCC(F)CC2)s1. The molecule has 1 aliphatic carbocycles. The lowest BCUT2D eigenvalue weighted by Gasteiger charge is -2.23. The third-order valence-corrected chi connectivity index (χ3v) is 6.50. The molecule has 4 rings (SSSR count). The lowest BCUT2D eigenvalue weighted by Crippen LogP contribution is -2.20. The molecule has 3 aromatic rings. The number of carbonyl (C=O) groups is 1. The summed E-state index contributed by atoms with van der Waals surface area (Å²) in [6, 6.07) is 3.51. The first-order valence-electron chi connectivity index (χ1n) is 10.5. The molecule has 0 aliphatic heterocycles. The minimum Gasteiger partial charge on any atom is -0.494 e. The van der Waals surface area contributed by atoms with Crippen LogP contribution in [0, 0.1) is 12.8 Å². The highest BCUT2D eigenvalue weighted by molar-refractivity contribution is 7.17. The molecule has 1 N–H and O–H groups in total. The van der Waals surface area contributed by atoms with Crippen molar-refractivity contribution >= 4 is 34.0 Å². The number of hydrogen-bond acceptors (Lipinski definition) is 8. The fourth-order valence-electron chi connectivity index (χ4n) is 3.78. The first-order chi connectivity index (χ1) is 15.9. The topological polar surface area (TPSA) is 99.1 Å². The van der Waals surface area contributed by atoms with Gasteiger partial charge in [0.2, 0.25) is 5.13 Å². The molecule has 1 amide bonds. The Hall–Kier alpha value is -2.85. The van der Waals surface area contributed by atoms with Gasteiger partial charge in [0, 0.05) is 23.0 Å². The maximum atomic E-state index is 13.3. The molecular formula is C22H23ClFN5O3S. The number of ether oxygens (including phenoxy) is 2. The molecule has 1 saturated carbocycles. The number of amides is 1. The summed E-state index contributed by atoms with van der Waals surface area (Å²) in [5.74, 6) is 0.321. The number of alkyl halides is 1. The van der Waals surface area contributed by atoms with E-state index >= 15 is 0 Å². The molecule has 8 nitrogen and oxygen atoms in total. The van der Waals surface area contributed by atoms with Crippen molar-refractivity contribution in [3.8, 4) is 22.1 Å². The Morgan fingerprint density at radius 1 is 1.27 bits per heavy atom. The van der Waals surface area contributed by atoms with E-state index in [2.05, 4.69) is 25.5 Å². The summed E-state index contributed by atoms with van der Waals surface area (Å²) in [7, 11) is 1.53. The summed E-state index contributed by atoms with van der Waals surface area (Å²) in [5, 5.41) is 11.4. The molecule has 0 atom stereocenters. The second kappa shape index (κ2) is 10.4. The van der Waals surface area contributed by atoms with Gasteiger partial charge in [0.25, 0.3) is 11.1 Å². The second-order valence-corrected chi connectivity index (χ2v) is 9.11. The van der Waals surface area contributed by atoms with Crippen LogP contribution in [0.5, 0.6) is 10.9 Å². The average Bonchev–Trinajstić information content (AvgIpc) is 3.25. The van der Waals surface area contributed by atoms with Crippen molar-refractivity contribution in [2.45, 2.75) is 38.8 Å². The van der Waals surface area contributed by atoms with Crippen molar-refractivity contribution in [2.75, 3.05) is 19.0 Å². The Morgan fingerprint density at radius 3 is 2.82 bits per heavy atom. The number of nitrogens with one attached hydrogen (secondary N) is 1. The van der Waals surface area contributed by atoms with Gasteiger partial charge in [-0.3, -0.25) is 15.1 Å². The van der Waals surface area contributed by atoms with E-state index < -0.39 is 12.1 Å². The quantitative estimate of drug-likeness (QED) is 0.457. The largest absolute Gasteiger partial charge is 0.494 e. The lowest BCUT2D eigenvalue weighted by atomic mass is 9.89. The number of aromatic nitrogens is 4. The number of methoxy groups -OCH3 is 1. The number of nitrogens with zero attached hydrogens (tertiary/aromatic N) is 4. The number of aryl methyl sites for hydroxylation is 1. The summed E-state index contributed by atoms with van der Waals surface area (Å²) in [4.78, 5) is 21.5. The third-order valence-electron chi connectivity index (χ3n) is 5.47. The minimum atomic E-state index is -0.704. The first-order valence-corrected chi connectivity index (χ1v) is 11.7. The Kier molecular flexibility index (Phi) is 7.34. The Labute approximate surface area is 199 Å². The fraction of sp³-hybridized carbons (Fsp3) is 0.409. The zero-order valence-electron chi connectivity index (χ0n) is 18.2. The highest BCUT2D eigenvalue weighted by atomic mass is 35.5. The van der Waals surface area contributed by atoms with Gasteiger partial charge >= 0.3 is 0 Å². The molecule has 33 heavy (non-hydrogen) atoms. The van der Waals surface area contributed by atoms with Crippen LogP contribution >= 0.6 is 22.9 Å². The summed E-state index contributed by atoms with van der Waals surface area (Å²) >= 11 is 7.49. The van der Waals surface area contributed by atoms with Crippen LogP contribution in [0.15, 0.2) is 24.5 Å². The van der Waals surface area contributed by atoms with E-state index in [-0.39, 0.29) is 15.8 Å². The normalized spacial score (nSPS) is 18.1. The molecule has 1 fully saturated rings. The number of carbonyl (C=O) groups excluding carboxylic acids is 1. The van der Waals surface area contributed by atoms with Crippen molar-refractivity contribution < 1.29 is 18.7 Å². The standard InChI is InChI=1S/C22H23ClFN5O3S/c1-12-9-16(15-7-8-25-10-17(15)31-2)18(19(23)26-12)20(30)27-21-28-29-22(33-21)32-11-13-3-5-14(24)6-4-13/h7-10,13-14H,3-6,11H2,1-2H3,(H,27,28,30). The molecule has 0 saturated heterocycles. The van der Waals surface area contributed by atoms with Crippen LogP contribution in [0.3, 0.4) is 0 Å². The highest BCUT2D eigenvalue weighted by Crippen LogP contribution is 2.35. The highest BCUT2D eigenvalue weighted by Gasteiger charge is 2.24. The van der Waals surface area contributed by atoms with Crippen LogP contribution in [0.2, 0.25) is 5.15 Å². The van der Waals surface area contributed by atoms with Crippen LogP contribution in [-0.4, -0.2) is 46.0 Å². The van der Waals surface area contributed by atoms with Gasteiger partial charge in [0.15, 0.2) is 0 Å². The van der Waals surface area contributed by atoms with Gasteiger partial charge < -0.3 is 9.47 Å². The molecule has 3 heterocycles. The number of anilines is 1. The van der Waals surface area contributed by atoms with Crippen LogP contribution in [0.25, 0.3) is 11.1 Å². The predicted molar refractivity (Wildman–Crippen MR) is 124 cm³/mol. The van der Waals surface area contributed by atoms with Crippen molar-refractivity contribution in [2.24, 2.45) is 5.92 Å². The molecular weight excluding hydrogens is 469 g/mol. The second-order valence-electron chi connectivity index (χ2n) is 7.81. The maximum absolute atomic E-state index is 13.3. The van der Waals surface area contributed by atoms with E-state index in [9.17, 15) is 9.18 Å². The summed E-state index contributed by atoms with van der Waals surface area (Å²) < 4.78 is 24.4. The summed E-state index contributed by atoms with van der Waals surface area (Å²) in [6.45, 7) is 2.24. The van der Waals surface area contributed by atoms with Crippen molar-refractivity contribution in [3.63, 3.8) is 0 Å². The summed E-state index contributed by atoms with van der Waals surface area (Å²) in [6.07, 6.45) is 5.20. The van der Waals surface area contributed by atoms with Gasteiger partial charge in [0.05, 0.1) is 25.5 Å². The van der Waals surface area contributed by atoms with Crippen LogP contribution in [0.1, 0.15) is 41.7 Å². The summed E-state index contributed by atoms with van der Waals surface area (Å²) in [5.41, 5.74) is 2.06. The van der Waals surface area contributed by atoms with E-state index in [1.54, 1.807) is 31.5 Å². The van der Waals surface area contributed by atoms with Gasteiger partial charge in [-0.1, -0.05) is 16.7 Å². The molecule has 174 valence electrons. The van der Waals surface area contributed by atoms with Crippen molar-refractivity contribution in [1.29, 1.82) is 0 Å². The predicted octanol–water partition coefficient (Wildman–Crippen LogP) is 5.12. The Bertz CT molecular complexity index is 1140. The zero-order valence-corrected chi connectivity index (χ0v) is 19.7. The third kappa shape index (κ3) is 5.56. The molecule has 1 aliphatic rings. The van der Waals surface area contributed by atoms with Crippen LogP contribution in [-0.2, 0) is 0 Å². The number of pyridine rings is 2.